The normalized spacial score (nSPS) is 26.9. The second-order valence-electron chi connectivity index (χ2n) is 13.5. The molecule has 9 heteroatoms. The maximum Gasteiger partial charge on any atom is 0.238 e. The Labute approximate surface area is 299 Å². The zero-order valence-electron chi connectivity index (χ0n) is 27.9. The van der Waals surface area contributed by atoms with Gasteiger partial charge in [-0.2, -0.15) is 0 Å². The average Bonchev–Trinajstić information content (AvgIpc) is 3.41. The van der Waals surface area contributed by atoms with Gasteiger partial charge in [-0.3, -0.25) is 24.1 Å². The van der Waals surface area contributed by atoms with E-state index in [1.165, 1.54) is 31.3 Å². The lowest BCUT2D eigenvalue weighted by Gasteiger charge is -2.55. The molecule has 2 fully saturated rings. The summed E-state index contributed by atoms with van der Waals surface area (Å²) in [5.41, 5.74) is 1.44. The van der Waals surface area contributed by atoms with Crippen molar-refractivity contribution in [1.82, 2.24) is 0 Å². The third kappa shape index (κ3) is 4.80. The van der Waals surface area contributed by atoms with Crippen LogP contribution in [-0.4, -0.2) is 42.7 Å². The number of ketones is 2. The van der Waals surface area contributed by atoms with Gasteiger partial charge in [-0.15, -0.1) is 0 Å². The first-order valence-electron chi connectivity index (χ1n) is 16.9. The van der Waals surface area contributed by atoms with Crippen molar-refractivity contribution in [2.45, 2.75) is 24.2 Å². The van der Waals surface area contributed by atoms with Gasteiger partial charge in [-0.25, -0.2) is 0 Å². The summed E-state index contributed by atoms with van der Waals surface area (Å²) in [5, 5.41) is 12.3. The Hall–Kier alpha value is -5.47. The van der Waals surface area contributed by atoms with Crippen LogP contribution in [0.25, 0.3) is 5.57 Å². The average molecular weight is 700 g/mol. The quantitative estimate of drug-likeness (QED) is 0.169. The number of Topliss-reactive ketones (excluding diaryl/α,β-unsaturated/α-hetero) is 1. The number of nitrogens with zero attached hydrogens (tertiary/aromatic N) is 1. The zero-order valence-corrected chi connectivity index (χ0v) is 28.7. The predicted molar refractivity (Wildman–Crippen MR) is 192 cm³/mol. The fourth-order valence-electron chi connectivity index (χ4n) is 9.20. The Kier molecular flexibility index (Phi) is 7.95. The minimum absolute atomic E-state index is 0.139. The Balaban J connectivity index is 1.40. The predicted octanol–water partition coefficient (Wildman–Crippen LogP) is 7.09. The van der Waals surface area contributed by atoms with E-state index in [-0.39, 0.29) is 47.7 Å². The van der Waals surface area contributed by atoms with Gasteiger partial charge in [-0.1, -0.05) is 83.9 Å². The third-order valence-corrected chi connectivity index (χ3v) is 11.5. The zero-order chi connectivity index (χ0) is 35.6. The molecule has 0 unspecified atom stereocenters. The molecule has 6 atom stereocenters. The number of hydrogen-bond acceptors (Lipinski definition) is 7. The Morgan fingerprint density at radius 2 is 1.51 bits per heavy atom. The van der Waals surface area contributed by atoms with Gasteiger partial charge in [-0.05, 0) is 60.2 Å². The number of carbonyl (C=O) groups excluding carboxylic acids is 4. The SMILES string of the molecule is COc1cc(O)c([C@H]2C3=CC[C@@H]4C(=O)N(c5ccc(Cl)cc5)C(=O)[C@@H]4[C@@H]3C[C@H]3C(=O)C(c4ccccc4)=CC(=O)[C@@]23c2ccccc2)c(OC)c1. The summed E-state index contributed by atoms with van der Waals surface area (Å²) in [6.07, 6.45) is 3.77. The maximum atomic E-state index is 15.2. The topological polar surface area (TPSA) is 110 Å². The standard InChI is InChI=1S/C42H34ClNO7/c1-50-27-19-33(45)37(34(20-27)51-2)38-28-17-18-29-36(41(49)44(40(29)48)26-15-13-25(43)14-16-26)31(28)21-32-39(47)30(23-9-5-3-6-10-23)22-35(46)42(32,38)24-11-7-4-8-12-24/h3-17,19-20,22,29,31-32,36,38,45H,18,21H2,1-2H3/t29-,31+,32-,36-,38+,42-/m0/s1. The fourth-order valence-corrected chi connectivity index (χ4v) is 9.32. The van der Waals surface area contributed by atoms with Crippen LogP contribution in [0.15, 0.2) is 115 Å². The number of hydrogen-bond donors (Lipinski definition) is 1. The number of methoxy groups -OCH3 is 2. The van der Waals surface area contributed by atoms with Crippen LogP contribution in [0.1, 0.15) is 35.4 Å². The maximum absolute atomic E-state index is 15.2. The number of amides is 2. The number of anilines is 1. The number of carbonyl (C=O) groups is 4. The first kappa shape index (κ1) is 32.7. The molecule has 4 aromatic carbocycles. The monoisotopic (exact) mass is 699 g/mol. The summed E-state index contributed by atoms with van der Waals surface area (Å²) in [5.74, 6) is -4.77. The smallest absolute Gasteiger partial charge is 0.238 e. The van der Waals surface area contributed by atoms with Crippen molar-refractivity contribution in [3.63, 3.8) is 0 Å². The summed E-state index contributed by atoms with van der Waals surface area (Å²) in [4.78, 5) is 60.2. The lowest BCUT2D eigenvalue weighted by molar-refractivity contribution is -0.135. The second-order valence-corrected chi connectivity index (χ2v) is 14.0. The van der Waals surface area contributed by atoms with E-state index in [1.54, 1.807) is 42.5 Å². The first-order chi connectivity index (χ1) is 24.7. The van der Waals surface area contributed by atoms with Crippen molar-refractivity contribution in [1.29, 1.82) is 0 Å². The number of aromatic hydroxyl groups is 1. The molecule has 1 saturated carbocycles. The summed E-state index contributed by atoms with van der Waals surface area (Å²) >= 11 is 6.15. The molecule has 3 aliphatic carbocycles. The summed E-state index contributed by atoms with van der Waals surface area (Å²) in [6, 6.07) is 28.0. The molecular formula is C42H34ClNO7. The molecule has 51 heavy (non-hydrogen) atoms. The van der Waals surface area contributed by atoms with Crippen LogP contribution in [0, 0.1) is 23.7 Å². The highest BCUT2D eigenvalue weighted by Crippen LogP contribution is 2.65. The van der Waals surface area contributed by atoms with Crippen molar-refractivity contribution < 1.29 is 33.8 Å². The molecule has 4 aromatic rings. The number of benzene rings is 4. The van der Waals surface area contributed by atoms with Gasteiger partial charge in [0.15, 0.2) is 11.6 Å². The number of imide groups is 1. The molecule has 0 aromatic heterocycles. The van der Waals surface area contributed by atoms with Gasteiger partial charge < -0.3 is 14.6 Å². The first-order valence-corrected chi connectivity index (χ1v) is 17.3. The van der Waals surface area contributed by atoms with E-state index in [0.29, 0.717) is 44.3 Å². The van der Waals surface area contributed by atoms with E-state index in [2.05, 4.69) is 0 Å². The highest BCUT2D eigenvalue weighted by Gasteiger charge is 2.66. The van der Waals surface area contributed by atoms with E-state index < -0.39 is 35.0 Å². The van der Waals surface area contributed by atoms with E-state index in [9.17, 15) is 14.7 Å². The molecule has 1 aliphatic heterocycles. The van der Waals surface area contributed by atoms with Gasteiger partial charge >= 0.3 is 0 Å². The van der Waals surface area contributed by atoms with Crippen LogP contribution in [0.5, 0.6) is 17.2 Å². The Morgan fingerprint density at radius 1 is 0.824 bits per heavy atom. The van der Waals surface area contributed by atoms with Crippen LogP contribution in [0.4, 0.5) is 5.69 Å². The molecule has 1 heterocycles. The van der Waals surface area contributed by atoms with Crippen molar-refractivity contribution in [2.24, 2.45) is 23.7 Å². The number of allylic oxidation sites excluding steroid dienone is 4. The van der Waals surface area contributed by atoms with Crippen molar-refractivity contribution in [3.05, 3.63) is 137 Å². The lowest BCUT2D eigenvalue weighted by Crippen LogP contribution is -2.58. The van der Waals surface area contributed by atoms with Crippen molar-refractivity contribution in [2.75, 3.05) is 19.1 Å². The summed E-state index contributed by atoms with van der Waals surface area (Å²) < 4.78 is 11.4. The number of fused-ring (bicyclic) bond motifs is 4. The molecule has 0 radical (unpaired) electrons. The van der Waals surface area contributed by atoms with E-state index in [1.807, 2.05) is 54.6 Å². The Bertz CT molecular complexity index is 2160. The van der Waals surface area contributed by atoms with E-state index in [0.717, 1.165) is 0 Å². The largest absolute Gasteiger partial charge is 0.507 e. The molecule has 1 saturated heterocycles. The molecule has 2 amide bonds. The molecule has 0 spiro atoms. The summed E-state index contributed by atoms with van der Waals surface area (Å²) in [6.45, 7) is 0. The number of phenols is 1. The molecule has 256 valence electrons. The minimum Gasteiger partial charge on any atom is -0.507 e. The second kappa shape index (κ2) is 12.4. The number of ether oxygens (including phenoxy) is 2. The van der Waals surface area contributed by atoms with Gasteiger partial charge in [0.2, 0.25) is 11.8 Å². The van der Waals surface area contributed by atoms with Gasteiger partial charge in [0.1, 0.15) is 17.2 Å². The van der Waals surface area contributed by atoms with Crippen LogP contribution in [0.3, 0.4) is 0 Å². The van der Waals surface area contributed by atoms with E-state index in [4.69, 9.17) is 21.1 Å². The van der Waals surface area contributed by atoms with Crippen LogP contribution >= 0.6 is 11.6 Å². The fraction of sp³-hybridized carbons (Fsp3) is 0.238. The number of phenolic OH excluding ortho intramolecular Hbond substituents is 1. The lowest BCUT2D eigenvalue weighted by atomic mass is 9.44. The highest BCUT2D eigenvalue weighted by atomic mass is 35.5. The van der Waals surface area contributed by atoms with Gasteiger partial charge in [0.25, 0.3) is 0 Å². The van der Waals surface area contributed by atoms with Crippen LogP contribution < -0.4 is 14.4 Å². The Morgan fingerprint density at radius 3 is 2.18 bits per heavy atom. The molecule has 8 nitrogen and oxygen atoms in total. The summed E-state index contributed by atoms with van der Waals surface area (Å²) in [7, 11) is 2.95. The van der Waals surface area contributed by atoms with Gasteiger partial charge in [0, 0.05) is 40.1 Å². The third-order valence-electron chi connectivity index (χ3n) is 11.3. The molecule has 1 N–H and O–H groups in total. The highest BCUT2D eigenvalue weighted by molar-refractivity contribution is 6.32. The molecular weight excluding hydrogens is 666 g/mol. The molecule has 4 aliphatic rings. The van der Waals surface area contributed by atoms with Crippen LogP contribution in [-0.2, 0) is 24.6 Å². The minimum atomic E-state index is -1.52. The van der Waals surface area contributed by atoms with Crippen molar-refractivity contribution in [3.8, 4) is 17.2 Å². The number of halogens is 1. The van der Waals surface area contributed by atoms with Gasteiger partial charge in [0.05, 0.1) is 37.2 Å². The van der Waals surface area contributed by atoms with Crippen molar-refractivity contribution >= 4 is 46.2 Å². The van der Waals surface area contributed by atoms with E-state index >= 15 is 9.59 Å². The molecule has 8 rings (SSSR count). The van der Waals surface area contributed by atoms with Crippen LogP contribution in [0.2, 0.25) is 5.02 Å². The molecule has 0 bridgehead atoms. The number of rotatable bonds is 6.